The summed E-state index contributed by atoms with van der Waals surface area (Å²) in [5.74, 6) is 2.68. The molecule has 0 amide bonds. The molecule has 4 heteroatoms. The monoisotopic (exact) mass is 270 g/mol. The van der Waals surface area contributed by atoms with E-state index in [2.05, 4.69) is 46.2 Å². The van der Waals surface area contributed by atoms with E-state index in [1.54, 1.807) is 0 Å². The van der Waals surface area contributed by atoms with Gasteiger partial charge in [0.25, 0.3) is 0 Å². The van der Waals surface area contributed by atoms with Gasteiger partial charge in [0.05, 0.1) is 0 Å². The van der Waals surface area contributed by atoms with Gasteiger partial charge in [0.1, 0.15) is 17.5 Å². The molecule has 4 nitrogen and oxygen atoms in total. The first-order valence-corrected chi connectivity index (χ1v) is 7.15. The first-order chi connectivity index (χ1) is 9.74. The second-order valence-electron chi connectivity index (χ2n) is 4.70. The number of nitrogens with zero attached hydrogens (tertiary/aromatic N) is 3. The second kappa shape index (κ2) is 6.89. The SMILES string of the molecule is CCCNc1cc(N(C)c2ccccc2)nc(CC)n1. The number of aryl methyl sites for hydroxylation is 1. The van der Waals surface area contributed by atoms with E-state index in [9.17, 15) is 0 Å². The Labute approximate surface area is 120 Å². The molecule has 2 rings (SSSR count). The van der Waals surface area contributed by atoms with E-state index in [0.717, 1.165) is 42.5 Å². The molecule has 1 aromatic heterocycles. The zero-order valence-corrected chi connectivity index (χ0v) is 12.4. The molecule has 1 aromatic carbocycles. The average molecular weight is 270 g/mol. The van der Waals surface area contributed by atoms with Crippen molar-refractivity contribution in [3.63, 3.8) is 0 Å². The summed E-state index contributed by atoms with van der Waals surface area (Å²) in [5, 5.41) is 3.34. The molecule has 2 aromatic rings. The highest BCUT2D eigenvalue weighted by molar-refractivity contribution is 5.61. The molecule has 1 heterocycles. The van der Waals surface area contributed by atoms with Crippen LogP contribution in [-0.4, -0.2) is 23.6 Å². The van der Waals surface area contributed by atoms with Crippen LogP contribution < -0.4 is 10.2 Å². The minimum atomic E-state index is 0.831. The topological polar surface area (TPSA) is 41.0 Å². The zero-order valence-electron chi connectivity index (χ0n) is 12.4. The van der Waals surface area contributed by atoms with E-state index in [1.807, 2.05) is 31.3 Å². The maximum Gasteiger partial charge on any atom is 0.138 e. The highest BCUT2D eigenvalue weighted by Crippen LogP contribution is 2.23. The minimum Gasteiger partial charge on any atom is -0.370 e. The predicted octanol–water partition coefficient (Wildman–Crippen LogP) is 3.63. The summed E-state index contributed by atoms with van der Waals surface area (Å²) in [6, 6.07) is 12.2. The van der Waals surface area contributed by atoms with Crippen LogP contribution in [0.5, 0.6) is 0 Å². The molecule has 0 spiro atoms. The van der Waals surface area contributed by atoms with E-state index >= 15 is 0 Å². The van der Waals surface area contributed by atoms with Crippen LogP contribution in [0.4, 0.5) is 17.3 Å². The number of nitrogens with one attached hydrogen (secondary N) is 1. The number of anilines is 3. The lowest BCUT2D eigenvalue weighted by atomic mass is 10.3. The van der Waals surface area contributed by atoms with E-state index in [1.165, 1.54) is 0 Å². The van der Waals surface area contributed by atoms with Gasteiger partial charge in [-0.15, -0.1) is 0 Å². The molecule has 0 aliphatic carbocycles. The summed E-state index contributed by atoms with van der Waals surface area (Å²) < 4.78 is 0. The largest absolute Gasteiger partial charge is 0.370 e. The van der Waals surface area contributed by atoms with Crippen LogP contribution in [0.2, 0.25) is 0 Å². The zero-order chi connectivity index (χ0) is 14.4. The van der Waals surface area contributed by atoms with Crippen LogP contribution in [0.25, 0.3) is 0 Å². The Hall–Kier alpha value is -2.10. The molecular formula is C16H22N4. The number of benzene rings is 1. The highest BCUT2D eigenvalue weighted by atomic mass is 15.2. The smallest absolute Gasteiger partial charge is 0.138 e. The van der Waals surface area contributed by atoms with Crippen molar-refractivity contribution < 1.29 is 0 Å². The molecule has 0 saturated carbocycles. The molecule has 1 N–H and O–H groups in total. The van der Waals surface area contributed by atoms with Gasteiger partial charge in [-0.2, -0.15) is 0 Å². The van der Waals surface area contributed by atoms with E-state index in [4.69, 9.17) is 0 Å². The van der Waals surface area contributed by atoms with E-state index in [0.29, 0.717) is 0 Å². The standard InChI is InChI=1S/C16H22N4/c1-4-11-17-15-12-16(19-14(5-2)18-15)20(3)13-9-7-6-8-10-13/h6-10,12H,4-5,11H2,1-3H3,(H,17,18,19). The van der Waals surface area contributed by atoms with Crippen molar-refractivity contribution in [2.45, 2.75) is 26.7 Å². The van der Waals surface area contributed by atoms with Crippen molar-refractivity contribution in [1.29, 1.82) is 0 Å². The van der Waals surface area contributed by atoms with Gasteiger partial charge in [0.2, 0.25) is 0 Å². The lowest BCUT2D eigenvalue weighted by Gasteiger charge is -2.19. The summed E-state index contributed by atoms with van der Waals surface area (Å²) in [7, 11) is 2.03. The lowest BCUT2D eigenvalue weighted by molar-refractivity contribution is 0.908. The fourth-order valence-corrected chi connectivity index (χ4v) is 1.94. The van der Waals surface area contributed by atoms with Crippen molar-refractivity contribution in [1.82, 2.24) is 9.97 Å². The third-order valence-corrected chi connectivity index (χ3v) is 3.12. The van der Waals surface area contributed by atoms with Gasteiger partial charge in [0, 0.05) is 31.8 Å². The van der Waals surface area contributed by atoms with Crippen molar-refractivity contribution >= 4 is 17.3 Å². The molecule has 0 bridgehead atoms. The Bertz CT molecular complexity index is 539. The first-order valence-electron chi connectivity index (χ1n) is 7.15. The number of hydrogen-bond acceptors (Lipinski definition) is 4. The third-order valence-electron chi connectivity index (χ3n) is 3.12. The normalized spacial score (nSPS) is 10.3. The Morgan fingerprint density at radius 2 is 1.85 bits per heavy atom. The van der Waals surface area contributed by atoms with Gasteiger partial charge in [0.15, 0.2) is 0 Å². The Kier molecular flexibility index (Phi) is 4.93. The first kappa shape index (κ1) is 14.3. The van der Waals surface area contributed by atoms with Crippen LogP contribution in [0, 0.1) is 0 Å². The average Bonchev–Trinajstić information content (AvgIpc) is 2.52. The number of hydrogen-bond donors (Lipinski definition) is 1. The van der Waals surface area contributed by atoms with Crippen LogP contribution >= 0.6 is 0 Å². The van der Waals surface area contributed by atoms with Gasteiger partial charge >= 0.3 is 0 Å². The Morgan fingerprint density at radius 1 is 1.10 bits per heavy atom. The summed E-state index contributed by atoms with van der Waals surface area (Å²) >= 11 is 0. The van der Waals surface area contributed by atoms with Crippen molar-refractivity contribution in [3.8, 4) is 0 Å². The Morgan fingerprint density at radius 3 is 2.50 bits per heavy atom. The molecule has 0 fully saturated rings. The van der Waals surface area contributed by atoms with Crippen LogP contribution in [0.1, 0.15) is 26.1 Å². The maximum atomic E-state index is 4.61. The van der Waals surface area contributed by atoms with Crippen molar-refractivity contribution in [3.05, 3.63) is 42.2 Å². The summed E-state index contributed by atoms with van der Waals surface area (Å²) in [4.78, 5) is 11.2. The molecule has 106 valence electrons. The van der Waals surface area contributed by atoms with Gasteiger partial charge in [-0.1, -0.05) is 32.0 Å². The second-order valence-corrected chi connectivity index (χ2v) is 4.70. The predicted molar refractivity (Wildman–Crippen MR) is 84.7 cm³/mol. The molecule has 0 radical (unpaired) electrons. The Balaban J connectivity index is 2.30. The van der Waals surface area contributed by atoms with Gasteiger partial charge in [-0.25, -0.2) is 9.97 Å². The number of rotatable bonds is 6. The number of aromatic nitrogens is 2. The summed E-state index contributed by atoms with van der Waals surface area (Å²) in [6.07, 6.45) is 1.91. The van der Waals surface area contributed by atoms with Crippen LogP contribution in [0.3, 0.4) is 0 Å². The molecule has 0 aliphatic rings. The molecule has 0 aliphatic heterocycles. The van der Waals surface area contributed by atoms with Gasteiger partial charge in [-0.05, 0) is 18.6 Å². The maximum absolute atomic E-state index is 4.61. The lowest BCUT2D eigenvalue weighted by Crippen LogP contribution is -2.14. The third kappa shape index (κ3) is 3.47. The van der Waals surface area contributed by atoms with Crippen molar-refractivity contribution in [2.75, 3.05) is 23.8 Å². The summed E-state index contributed by atoms with van der Waals surface area (Å²) in [5.41, 5.74) is 1.12. The van der Waals surface area contributed by atoms with Crippen LogP contribution in [-0.2, 0) is 6.42 Å². The molecule has 20 heavy (non-hydrogen) atoms. The van der Waals surface area contributed by atoms with Crippen LogP contribution in [0.15, 0.2) is 36.4 Å². The fourth-order valence-electron chi connectivity index (χ4n) is 1.94. The van der Waals surface area contributed by atoms with E-state index in [-0.39, 0.29) is 0 Å². The highest BCUT2D eigenvalue weighted by Gasteiger charge is 2.09. The van der Waals surface area contributed by atoms with Gasteiger partial charge < -0.3 is 10.2 Å². The van der Waals surface area contributed by atoms with E-state index < -0.39 is 0 Å². The van der Waals surface area contributed by atoms with Crippen molar-refractivity contribution in [2.24, 2.45) is 0 Å². The number of para-hydroxylation sites is 1. The molecular weight excluding hydrogens is 248 g/mol. The summed E-state index contributed by atoms with van der Waals surface area (Å²) in [6.45, 7) is 5.14. The fraction of sp³-hybridized carbons (Fsp3) is 0.375. The quantitative estimate of drug-likeness (QED) is 0.870. The molecule has 0 unspecified atom stereocenters. The molecule has 0 saturated heterocycles. The minimum absolute atomic E-state index is 0.831. The molecule has 0 atom stereocenters. The van der Waals surface area contributed by atoms with Gasteiger partial charge in [-0.3, -0.25) is 0 Å².